The van der Waals surface area contributed by atoms with Gasteiger partial charge in [-0.05, 0) is 44.0 Å². The van der Waals surface area contributed by atoms with Gasteiger partial charge in [0.25, 0.3) is 5.91 Å². The summed E-state index contributed by atoms with van der Waals surface area (Å²) in [5.41, 5.74) is -0.108. The second kappa shape index (κ2) is 9.33. The van der Waals surface area contributed by atoms with E-state index in [0.717, 1.165) is 10.5 Å². The molecule has 0 unspecified atom stereocenters. The summed E-state index contributed by atoms with van der Waals surface area (Å²) in [5.74, 6) is -1.02. The van der Waals surface area contributed by atoms with Crippen LogP contribution in [0.4, 0.5) is 13.6 Å². The zero-order valence-electron chi connectivity index (χ0n) is 18.0. The van der Waals surface area contributed by atoms with Crippen LogP contribution in [0, 0.1) is 0 Å². The number of benzene rings is 2. The Morgan fingerprint density at radius 1 is 1.09 bits per heavy atom. The first-order valence-corrected chi connectivity index (χ1v) is 10.1. The molecule has 0 aliphatic carbocycles. The van der Waals surface area contributed by atoms with Crippen molar-refractivity contribution in [1.82, 2.24) is 15.1 Å². The van der Waals surface area contributed by atoms with Crippen molar-refractivity contribution < 1.29 is 27.9 Å². The molecule has 1 aliphatic heterocycles. The van der Waals surface area contributed by atoms with Gasteiger partial charge in [-0.3, -0.25) is 14.5 Å². The van der Waals surface area contributed by atoms with Gasteiger partial charge >= 0.3 is 12.6 Å². The number of hydrogen-bond donors (Lipinski definition) is 1. The van der Waals surface area contributed by atoms with E-state index in [1.165, 1.54) is 31.2 Å². The molecule has 4 amide bonds. The number of carbonyl (C=O) groups is 3. The number of nitrogens with one attached hydrogen (secondary N) is 1. The third-order valence-electron chi connectivity index (χ3n) is 5.36. The van der Waals surface area contributed by atoms with Crippen LogP contribution in [-0.2, 0) is 21.7 Å². The van der Waals surface area contributed by atoms with Gasteiger partial charge in [-0.2, -0.15) is 8.78 Å². The van der Waals surface area contributed by atoms with Crippen LogP contribution in [0.2, 0.25) is 0 Å². The van der Waals surface area contributed by atoms with E-state index >= 15 is 0 Å². The lowest BCUT2D eigenvalue weighted by atomic mass is 9.92. The van der Waals surface area contributed by atoms with E-state index in [-0.39, 0.29) is 17.7 Å². The molecule has 3 rings (SSSR count). The van der Waals surface area contributed by atoms with Crippen molar-refractivity contribution in [3.8, 4) is 5.75 Å². The lowest BCUT2D eigenvalue weighted by molar-refractivity contribution is -0.140. The molecule has 0 radical (unpaired) electrons. The molecular weight excluding hydrogens is 420 g/mol. The molecule has 1 aliphatic rings. The van der Waals surface area contributed by atoms with Crippen LogP contribution in [0.3, 0.4) is 0 Å². The number of carbonyl (C=O) groups excluding carboxylic acids is 3. The van der Waals surface area contributed by atoms with Crippen LogP contribution < -0.4 is 10.1 Å². The lowest BCUT2D eigenvalue weighted by Gasteiger charge is -2.28. The summed E-state index contributed by atoms with van der Waals surface area (Å²) < 4.78 is 29.1. The summed E-state index contributed by atoms with van der Waals surface area (Å²) in [5, 5.41) is 2.61. The smallest absolute Gasteiger partial charge is 0.387 e. The number of rotatable bonds is 8. The van der Waals surface area contributed by atoms with Crippen LogP contribution in [0.25, 0.3) is 0 Å². The molecule has 170 valence electrons. The Bertz CT molecular complexity index is 982. The highest BCUT2D eigenvalue weighted by Gasteiger charge is 2.49. The predicted molar refractivity (Wildman–Crippen MR) is 113 cm³/mol. The molecule has 32 heavy (non-hydrogen) atoms. The fraction of sp³-hybridized carbons (Fsp3) is 0.348. The van der Waals surface area contributed by atoms with Crippen LogP contribution in [0.5, 0.6) is 5.75 Å². The molecule has 2 aromatic rings. The zero-order chi connectivity index (χ0) is 23.5. The zero-order valence-corrected chi connectivity index (χ0v) is 18.0. The maximum absolute atomic E-state index is 13.1. The maximum Gasteiger partial charge on any atom is 0.387 e. The SMILES string of the molecule is CC(C)N(Cc1ccccc1)C(=O)CN1C(=O)N[C@@](C)(c2ccc(OC(F)F)cc2)C1=O. The van der Waals surface area contributed by atoms with Gasteiger partial charge in [-0.15, -0.1) is 0 Å². The van der Waals surface area contributed by atoms with Crippen molar-refractivity contribution in [3.63, 3.8) is 0 Å². The number of alkyl halides is 2. The molecule has 1 heterocycles. The number of imide groups is 1. The van der Waals surface area contributed by atoms with Crippen LogP contribution in [-0.4, -0.2) is 46.8 Å². The van der Waals surface area contributed by atoms with E-state index in [0.29, 0.717) is 12.1 Å². The Labute approximate surface area is 184 Å². The minimum atomic E-state index is -2.97. The number of halogens is 2. The molecular formula is C23H25F2N3O4. The first-order valence-electron chi connectivity index (χ1n) is 10.1. The Kier molecular flexibility index (Phi) is 6.76. The van der Waals surface area contributed by atoms with E-state index in [2.05, 4.69) is 10.1 Å². The average Bonchev–Trinajstić information content (AvgIpc) is 2.96. The summed E-state index contributed by atoms with van der Waals surface area (Å²) >= 11 is 0. The second-order valence-electron chi connectivity index (χ2n) is 7.95. The lowest BCUT2D eigenvalue weighted by Crippen LogP contribution is -2.46. The first kappa shape index (κ1) is 23.2. The van der Waals surface area contributed by atoms with Crippen molar-refractivity contribution in [2.45, 2.75) is 45.5 Å². The van der Waals surface area contributed by atoms with Crippen LogP contribution in [0.15, 0.2) is 54.6 Å². The van der Waals surface area contributed by atoms with E-state index in [1.54, 1.807) is 4.90 Å². The van der Waals surface area contributed by atoms with Gasteiger partial charge in [0.2, 0.25) is 5.91 Å². The van der Waals surface area contributed by atoms with Crippen molar-refractivity contribution in [3.05, 3.63) is 65.7 Å². The molecule has 0 saturated carbocycles. The fourth-order valence-corrected chi connectivity index (χ4v) is 3.57. The van der Waals surface area contributed by atoms with Gasteiger partial charge < -0.3 is 15.0 Å². The monoisotopic (exact) mass is 445 g/mol. The largest absolute Gasteiger partial charge is 0.435 e. The third kappa shape index (κ3) is 4.87. The molecule has 0 spiro atoms. The molecule has 0 bridgehead atoms. The molecule has 1 atom stereocenters. The molecule has 7 nitrogen and oxygen atoms in total. The Balaban J connectivity index is 1.75. The Morgan fingerprint density at radius 3 is 2.28 bits per heavy atom. The van der Waals surface area contributed by atoms with Gasteiger partial charge in [0.05, 0.1) is 0 Å². The fourth-order valence-electron chi connectivity index (χ4n) is 3.57. The number of hydrogen-bond acceptors (Lipinski definition) is 4. The minimum Gasteiger partial charge on any atom is -0.435 e. The molecule has 1 N–H and O–H groups in total. The minimum absolute atomic E-state index is 0.0651. The van der Waals surface area contributed by atoms with Gasteiger partial charge in [-0.1, -0.05) is 42.5 Å². The maximum atomic E-state index is 13.1. The standard InChI is InChI=1S/C23H25F2N3O4/c1-15(2)27(13-16-7-5-4-6-8-16)19(29)14-28-20(30)23(3,26-22(28)31)17-9-11-18(12-10-17)32-21(24)25/h4-12,15,21H,13-14H2,1-3H3,(H,26,31)/t23-/m0/s1. The number of ether oxygens (including phenoxy) is 1. The number of urea groups is 1. The third-order valence-corrected chi connectivity index (χ3v) is 5.36. The number of nitrogens with zero attached hydrogens (tertiary/aromatic N) is 2. The highest BCUT2D eigenvalue weighted by molar-refractivity contribution is 6.09. The molecule has 0 aromatic heterocycles. The Hall–Kier alpha value is -3.49. The topological polar surface area (TPSA) is 79.0 Å². The van der Waals surface area contributed by atoms with Gasteiger partial charge in [0.15, 0.2) is 0 Å². The van der Waals surface area contributed by atoms with E-state index in [9.17, 15) is 23.2 Å². The summed E-state index contributed by atoms with van der Waals surface area (Å²) in [4.78, 5) is 41.2. The van der Waals surface area contributed by atoms with Gasteiger partial charge in [0.1, 0.15) is 17.8 Å². The van der Waals surface area contributed by atoms with E-state index in [4.69, 9.17) is 0 Å². The molecule has 2 aromatic carbocycles. The predicted octanol–water partition coefficient (Wildman–Crippen LogP) is 3.49. The highest BCUT2D eigenvalue weighted by atomic mass is 19.3. The van der Waals surface area contributed by atoms with Crippen LogP contribution in [0.1, 0.15) is 31.9 Å². The van der Waals surface area contributed by atoms with Crippen molar-refractivity contribution in [2.75, 3.05) is 6.54 Å². The summed E-state index contributed by atoms with van der Waals surface area (Å²) in [7, 11) is 0. The molecule has 1 saturated heterocycles. The highest BCUT2D eigenvalue weighted by Crippen LogP contribution is 2.30. The molecule has 1 fully saturated rings. The average molecular weight is 445 g/mol. The van der Waals surface area contributed by atoms with Crippen LogP contribution >= 0.6 is 0 Å². The van der Waals surface area contributed by atoms with Crippen molar-refractivity contribution in [1.29, 1.82) is 0 Å². The van der Waals surface area contributed by atoms with Crippen molar-refractivity contribution in [2.24, 2.45) is 0 Å². The van der Waals surface area contributed by atoms with Crippen molar-refractivity contribution >= 4 is 17.8 Å². The Morgan fingerprint density at radius 2 is 1.72 bits per heavy atom. The summed E-state index contributed by atoms with van der Waals surface area (Å²) in [6.07, 6.45) is 0. The summed E-state index contributed by atoms with van der Waals surface area (Å²) in [6, 6.07) is 14.0. The quantitative estimate of drug-likeness (QED) is 0.631. The molecule has 9 heteroatoms. The normalized spacial score (nSPS) is 18.3. The summed E-state index contributed by atoms with van der Waals surface area (Å²) in [6.45, 7) is 2.21. The van der Waals surface area contributed by atoms with E-state index in [1.807, 2.05) is 44.2 Å². The second-order valence-corrected chi connectivity index (χ2v) is 7.95. The first-order chi connectivity index (χ1) is 15.1. The van der Waals surface area contributed by atoms with E-state index < -0.39 is 30.6 Å². The number of amides is 4. The van der Waals surface area contributed by atoms with Gasteiger partial charge in [0, 0.05) is 12.6 Å². The van der Waals surface area contributed by atoms with Gasteiger partial charge in [-0.25, -0.2) is 4.79 Å².